The summed E-state index contributed by atoms with van der Waals surface area (Å²) in [6.45, 7) is 0. The van der Waals surface area contributed by atoms with Crippen LogP contribution in [0.5, 0.6) is 0 Å². The molecule has 0 atom stereocenters. The van der Waals surface area contributed by atoms with E-state index in [-0.39, 0.29) is 5.56 Å². The van der Waals surface area contributed by atoms with Crippen LogP contribution in [0, 0.1) is 11.3 Å². The molecule has 0 radical (unpaired) electrons. The van der Waals surface area contributed by atoms with Gasteiger partial charge in [-0.3, -0.25) is 9.52 Å². The van der Waals surface area contributed by atoms with Gasteiger partial charge in [-0.05, 0) is 17.7 Å². The van der Waals surface area contributed by atoms with Gasteiger partial charge in [-0.15, -0.1) is 0 Å². The summed E-state index contributed by atoms with van der Waals surface area (Å²) in [6, 6.07) is 25.4. The lowest BCUT2D eigenvalue weighted by Gasteiger charge is -2.18. The maximum absolute atomic E-state index is 13.1. The smallest absolute Gasteiger partial charge is 0.256 e. The third-order valence-electron chi connectivity index (χ3n) is 4.99. The minimum Gasteiger partial charge on any atom is -0.328 e. The molecule has 6 nitrogen and oxygen atoms in total. The Morgan fingerprint density at radius 3 is 2.12 bits per heavy atom. The van der Waals surface area contributed by atoms with Crippen molar-refractivity contribution in [3.63, 3.8) is 0 Å². The zero-order valence-electron chi connectivity index (χ0n) is 17.2. The molecule has 1 heterocycles. The van der Waals surface area contributed by atoms with E-state index in [4.69, 9.17) is 0 Å². The number of rotatable bonds is 5. The average Bonchev–Trinajstić information content (AvgIpc) is 2.79. The largest absolute Gasteiger partial charge is 0.328 e. The predicted molar refractivity (Wildman–Crippen MR) is 127 cm³/mol. The molecule has 0 amide bonds. The van der Waals surface area contributed by atoms with E-state index in [0.29, 0.717) is 39.1 Å². The van der Waals surface area contributed by atoms with E-state index < -0.39 is 10.0 Å². The fourth-order valence-electron chi connectivity index (χ4n) is 3.71. The molecule has 32 heavy (non-hydrogen) atoms. The lowest BCUT2D eigenvalue weighted by Crippen LogP contribution is -2.13. The summed E-state index contributed by atoms with van der Waals surface area (Å²) in [5.41, 5.74) is 3.88. The molecule has 0 spiro atoms. The summed E-state index contributed by atoms with van der Waals surface area (Å²) >= 11 is 0. The van der Waals surface area contributed by atoms with Gasteiger partial charge in [-0.25, -0.2) is 8.42 Å². The summed E-state index contributed by atoms with van der Waals surface area (Å²) < 4.78 is 26.5. The molecule has 7 heteroatoms. The Bertz CT molecular complexity index is 1500. The van der Waals surface area contributed by atoms with E-state index in [0.717, 1.165) is 11.8 Å². The van der Waals surface area contributed by atoms with Crippen LogP contribution in [-0.4, -0.2) is 19.7 Å². The first-order valence-electron chi connectivity index (χ1n) is 9.77. The fraction of sp³-hybridized carbons (Fsp3) is 0.0400. The van der Waals surface area contributed by atoms with Crippen LogP contribution >= 0.6 is 0 Å². The molecular weight excluding hydrogens is 422 g/mol. The van der Waals surface area contributed by atoms with Gasteiger partial charge in [0.2, 0.25) is 10.0 Å². The number of sulfonamides is 1. The Morgan fingerprint density at radius 1 is 0.812 bits per heavy atom. The number of benzene rings is 3. The second-order valence-electron chi connectivity index (χ2n) is 7.22. The number of H-pyrrole nitrogens is 1. The molecule has 0 aliphatic carbocycles. The van der Waals surface area contributed by atoms with Gasteiger partial charge in [0.25, 0.3) is 5.56 Å². The van der Waals surface area contributed by atoms with Crippen molar-refractivity contribution in [2.75, 3.05) is 11.0 Å². The average molecular weight is 442 g/mol. The SMILES string of the molecule is CS(=O)(=O)Nc1ccccc1-c1c[nH]c(=O)c(-c2ccccc2C#N)c1-c1ccccc1. The van der Waals surface area contributed by atoms with Crippen LogP contribution < -0.4 is 10.3 Å². The highest BCUT2D eigenvalue weighted by Gasteiger charge is 2.21. The van der Waals surface area contributed by atoms with E-state index in [1.54, 1.807) is 54.7 Å². The van der Waals surface area contributed by atoms with Crippen molar-refractivity contribution >= 4 is 15.7 Å². The number of hydrogen-bond acceptors (Lipinski definition) is 4. The van der Waals surface area contributed by atoms with E-state index in [9.17, 15) is 18.5 Å². The Kier molecular flexibility index (Phi) is 5.63. The van der Waals surface area contributed by atoms with Crippen molar-refractivity contribution in [3.05, 3.63) is 101 Å². The zero-order valence-corrected chi connectivity index (χ0v) is 18.0. The van der Waals surface area contributed by atoms with Crippen molar-refractivity contribution in [3.8, 4) is 39.4 Å². The number of anilines is 1. The summed E-state index contributed by atoms with van der Waals surface area (Å²) in [4.78, 5) is 15.9. The van der Waals surface area contributed by atoms with Crippen molar-refractivity contribution in [2.45, 2.75) is 0 Å². The molecule has 0 fully saturated rings. The third kappa shape index (κ3) is 4.17. The number of nitrogens with zero attached hydrogens (tertiary/aromatic N) is 1. The van der Waals surface area contributed by atoms with Crippen molar-refractivity contribution in [1.29, 1.82) is 5.26 Å². The minimum absolute atomic E-state index is 0.344. The highest BCUT2D eigenvalue weighted by Crippen LogP contribution is 2.40. The van der Waals surface area contributed by atoms with Crippen LogP contribution in [0.2, 0.25) is 0 Å². The topological polar surface area (TPSA) is 103 Å². The number of aromatic amines is 1. The number of nitriles is 1. The van der Waals surface area contributed by atoms with Gasteiger partial charge >= 0.3 is 0 Å². The van der Waals surface area contributed by atoms with Crippen molar-refractivity contribution in [2.24, 2.45) is 0 Å². The van der Waals surface area contributed by atoms with Gasteiger partial charge in [0.05, 0.1) is 29.1 Å². The van der Waals surface area contributed by atoms with Crippen molar-refractivity contribution in [1.82, 2.24) is 4.98 Å². The normalized spacial score (nSPS) is 11.0. The van der Waals surface area contributed by atoms with Crippen LogP contribution in [0.4, 0.5) is 5.69 Å². The van der Waals surface area contributed by atoms with Crippen LogP contribution in [-0.2, 0) is 10.0 Å². The van der Waals surface area contributed by atoms with Crippen LogP contribution in [0.25, 0.3) is 33.4 Å². The van der Waals surface area contributed by atoms with E-state index in [1.807, 2.05) is 30.3 Å². The zero-order chi connectivity index (χ0) is 22.7. The maximum Gasteiger partial charge on any atom is 0.256 e. The Hall–Kier alpha value is -4.15. The van der Waals surface area contributed by atoms with Crippen LogP contribution in [0.1, 0.15) is 5.56 Å². The lowest BCUT2D eigenvalue weighted by molar-refractivity contribution is 0.607. The third-order valence-corrected chi connectivity index (χ3v) is 5.58. The quantitative estimate of drug-likeness (QED) is 0.472. The van der Waals surface area contributed by atoms with Gasteiger partial charge in [0.15, 0.2) is 0 Å². The van der Waals surface area contributed by atoms with Crippen molar-refractivity contribution < 1.29 is 8.42 Å². The summed E-state index contributed by atoms with van der Waals surface area (Å²) in [5, 5.41) is 9.65. The van der Waals surface area contributed by atoms with Crippen LogP contribution in [0.15, 0.2) is 89.9 Å². The molecule has 0 bridgehead atoms. The standard InChI is InChI=1S/C25H19N3O3S/c1-32(30,31)28-22-14-8-7-13-20(22)21-16-27-25(29)24(19-12-6-5-11-18(19)15-26)23(21)17-9-3-2-4-10-17/h2-14,16,28H,1H3,(H,27,29). The molecule has 0 saturated heterocycles. The Labute approximate surface area is 185 Å². The second kappa shape index (κ2) is 8.53. The second-order valence-corrected chi connectivity index (χ2v) is 8.97. The predicted octanol–water partition coefficient (Wildman–Crippen LogP) is 4.62. The number of hydrogen-bond donors (Lipinski definition) is 2. The first-order chi connectivity index (χ1) is 15.4. The lowest BCUT2D eigenvalue weighted by atomic mass is 9.87. The highest BCUT2D eigenvalue weighted by atomic mass is 32.2. The number of para-hydroxylation sites is 1. The summed E-state index contributed by atoms with van der Waals surface area (Å²) in [5.74, 6) is 0. The highest BCUT2D eigenvalue weighted by molar-refractivity contribution is 7.92. The molecule has 0 unspecified atom stereocenters. The first kappa shape index (κ1) is 21.1. The molecular formula is C25H19N3O3S. The van der Waals surface area contributed by atoms with Gasteiger partial charge in [0.1, 0.15) is 0 Å². The Morgan fingerprint density at radius 2 is 1.44 bits per heavy atom. The molecule has 1 aromatic heterocycles. The van der Waals surface area contributed by atoms with Gasteiger partial charge in [-0.2, -0.15) is 5.26 Å². The van der Waals surface area contributed by atoms with E-state index in [2.05, 4.69) is 15.8 Å². The van der Waals surface area contributed by atoms with Gasteiger partial charge in [-0.1, -0.05) is 66.7 Å². The van der Waals surface area contributed by atoms with E-state index in [1.165, 1.54) is 0 Å². The summed E-state index contributed by atoms with van der Waals surface area (Å²) in [7, 11) is -3.53. The molecule has 3 aromatic carbocycles. The Balaban J connectivity index is 2.12. The van der Waals surface area contributed by atoms with Gasteiger partial charge < -0.3 is 4.98 Å². The number of pyridine rings is 1. The summed E-state index contributed by atoms with van der Waals surface area (Å²) in [6.07, 6.45) is 2.66. The van der Waals surface area contributed by atoms with Gasteiger partial charge in [0, 0.05) is 28.5 Å². The fourth-order valence-corrected chi connectivity index (χ4v) is 4.29. The first-order valence-corrected chi connectivity index (χ1v) is 11.7. The monoisotopic (exact) mass is 441 g/mol. The molecule has 0 aliphatic heterocycles. The maximum atomic E-state index is 13.1. The molecule has 0 saturated carbocycles. The number of nitrogens with one attached hydrogen (secondary N) is 2. The molecule has 4 aromatic rings. The molecule has 158 valence electrons. The molecule has 2 N–H and O–H groups in total. The van der Waals surface area contributed by atoms with Crippen LogP contribution in [0.3, 0.4) is 0 Å². The number of aromatic nitrogens is 1. The molecule has 4 rings (SSSR count). The molecule has 0 aliphatic rings. The van der Waals surface area contributed by atoms with E-state index >= 15 is 0 Å². The minimum atomic E-state index is -3.53.